The summed E-state index contributed by atoms with van der Waals surface area (Å²) < 4.78 is 1.91. The highest BCUT2D eigenvalue weighted by Crippen LogP contribution is 2.20. The average Bonchev–Trinajstić information content (AvgIpc) is 3.21. The molecule has 122 valence electrons. The first-order valence-corrected chi connectivity index (χ1v) is 9.45. The summed E-state index contributed by atoms with van der Waals surface area (Å²) in [5, 5.41) is 10.9. The van der Waals surface area contributed by atoms with Crippen LogP contribution >= 0.6 is 22.7 Å². The van der Waals surface area contributed by atoms with Crippen LogP contribution in [0.1, 0.15) is 18.1 Å². The van der Waals surface area contributed by atoms with E-state index in [1.165, 1.54) is 5.56 Å². The minimum absolute atomic E-state index is 0.613. The lowest BCUT2D eigenvalue weighted by Crippen LogP contribution is -2.12. The van der Waals surface area contributed by atoms with Gasteiger partial charge >= 0.3 is 0 Å². The molecule has 3 aromatic rings. The molecule has 2 aromatic heterocycles. The molecule has 0 atom stereocenters. The molecule has 0 N–H and O–H groups in total. The van der Waals surface area contributed by atoms with Crippen molar-refractivity contribution < 1.29 is 0 Å². The Morgan fingerprint density at radius 2 is 2.00 bits per heavy atom. The van der Waals surface area contributed by atoms with Gasteiger partial charge in [0.15, 0.2) is 0 Å². The lowest BCUT2D eigenvalue weighted by atomic mass is 10.1. The maximum Gasteiger partial charge on any atom is 0.206 e. The van der Waals surface area contributed by atoms with E-state index < -0.39 is 0 Å². The Morgan fingerprint density at radius 1 is 1.21 bits per heavy atom. The smallest absolute Gasteiger partial charge is 0.206 e. The number of hydrogen-bond acceptors (Lipinski definition) is 4. The Bertz CT molecular complexity index is 910. The van der Waals surface area contributed by atoms with Gasteiger partial charge in [-0.3, -0.25) is 4.99 Å². The van der Waals surface area contributed by atoms with Crippen molar-refractivity contribution in [2.45, 2.75) is 13.8 Å². The molecule has 0 aliphatic heterocycles. The van der Waals surface area contributed by atoms with Crippen molar-refractivity contribution in [3.8, 4) is 11.3 Å². The number of nitrogens with zero attached hydrogens (tertiary/aromatic N) is 3. The molecule has 0 fully saturated rings. The molecule has 0 saturated heterocycles. The zero-order chi connectivity index (χ0) is 16.9. The second-order valence-electron chi connectivity index (χ2n) is 5.66. The van der Waals surface area contributed by atoms with Crippen molar-refractivity contribution in [2.75, 3.05) is 6.54 Å². The van der Waals surface area contributed by atoms with Crippen LogP contribution in [0, 0.1) is 6.92 Å². The molecule has 24 heavy (non-hydrogen) atoms. The third kappa shape index (κ3) is 3.99. The first-order chi connectivity index (χ1) is 11.6. The van der Waals surface area contributed by atoms with Crippen molar-refractivity contribution in [1.29, 1.82) is 0 Å². The van der Waals surface area contributed by atoms with Gasteiger partial charge in [-0.25, -0.2) is 4.68 Å². The Balaban J connectivity index is 2.06. The normalized spacial score (nSPS) is 12.2. The summed E-state index contributed by atoms with van der Waals surface area (Å²) in [5.41, 5.74) is 5.56. The molecule has 0 unspecified atom stereocenters. The molecule has 3 nitrogen and oxygen atoms in total. The van der Waals surface area contributed by atoms with Crippen LogP contribution in [0.5, 0.6) is 0 Å². The van der Waals surface area contributed by atoms with Crippen LogP contribution in [0.25, 0.3) is 11.3 Å². The quantitative estimate of drug-likeness (QED) is 0.459. The second-order valence-corrected chi connectivity index (χ2v) is 7.27. The first kappa shape index (κ1) is 16.6. The molecule has 0 amide bonds. The molecular weight excluding hydrogens is 334 g/mol. The largest absolute Gasteiger partial charge is 0.253 e. The maximum atomic E-state index is 4.67. The number of hydrogen-bond donors (Lipinski definition) is 0. The van der Waals surface area contributed by atoms with Crippen molar-refractivity contribution in [3.05, 3.63) is 74.6 Å². The molecule has 0 saturated carbocycles. The highest BCUT2D eigenvalue weighted by atomic mass is 32.1. The number of rotatable bonds is 5. The number of benzene rings is 1. The van der Waals surface area contributed by atoms with Crippen molar-refractivity contribution in [3.63, 3.8) is 0 Å². The number of thiophene rings is 1. The van der Waals surface area contributed by atoms with E-state index >= 15 is 0 Å². The summed E-state index contributed by atoms with van der Waals surface area (Å²) in [4.78, 5) is 5.52. The average molecular weight is 354 g/mol. The van der Waals surface area contributed by atoms with E-state index in [0.717, 1.165) is 27.2 Å². The number of aromatic nitrogens is 1. The zero-order valence-corrected chi connectivity index (χ0v) is 15.4. The van der Waals surface area contributed by atoms with E-state index in [0.29, 0.717) is 6.54 Å². The first-order valence-electron chi connectivity index (χ1n) is 7.62. The third-order valence-electron chi connectivity index (χ3n) is 3.38. The van der Waals surface area contributed by atoms with E-state index in [-0.39, 0.29) is 0 Å². The van der Waals surface area contributed by atoms with Gasteiger partial charge in [0.05, 0.1) is 18.5 Å². The summed E-state index contributed by atoms with van der Waals surface area (Å²) in [6.45, 7) is 8.61. The van der Waals surface area contributed by atoms with Crippen LogP contribution in [0.3, 0.4) is 0 Å². The van der Waals surface area contributed by atoms with Crippen LogP contribution in [-0.2, 0) is 0 Å². The van der Waals surface area contributed by atoms with Gasteiger partial charge < -0.3 is 0 Å². The van der Waals surface area contributed by atoms with Crippen molar-refractivity contribution >= 4 is 28.9 Å². The summed E-state index contributed by atoms with van der Waals surface area (Å²) in [6, 6.07) is 10.5. The van der Waals surface area contributed by atoms with E-state index in [1.807, 2.05) is 23.2 Å². The van der Waals surface area contributed by atoms with Gasteiger partial charge in [-0.1, -0.05) is 42.0 Å². The number of aryl methyl sites for hydroxylation is 1. The van der Waals surface area contributed by atoms with Gasteiger partial charge in [0.1, 0.15) is 0 Å². The van der Waals surface area contributed by atoms with Crippen molar-refractivity contribution in [1.82, 2.24) is 4.68 Å². The van der Waals surface area contributed by atoms with Crippen LogP contribution in [0.2, 0.25) is 0 Å². The molecule has 0 radical (unpaired) electrons. The van der Waals surface area contributed by atoms with Crippen LogP contribution < -0.4 is 4.80 Å². The zero-order valence-electron chi connectivity index (χ0n) is 13.8. The van der Waals surface area contributed by atoms with Gasteiger partial charge in [0.25, 0.3) is 0 Å². The Labute approximate surface area is 150 Å². The van der Waals surface area contributed by atoms with Gasteiger partial charge in [-0.15, -0.1) is 11.3 Å². The van der Waals surface area contributed by atoms with E-state index in [4.69, 9.17) is 0 Å². The number of thiazole rings is 1. The molecule has 0 bridgehead atoms. The minimum Gasteiger partial charge on any atom is -0.253 e. The third-order valence-corrected chi connectivity index (χ3v) is 4.94. The molecule has 0 spiro atoms. The minimum atomic E-state index is 0.613. The van der Waals surface area contributed by atoms with Crippen LogP contribution in [0.4, 0.5) is 0 Å². The predicted octanol–water partition coefficient (Wildman–Crippen LogP) is 4.95. The summed E-state index contributed by atoms with van der Waals surface area (Å²) >= 11 is 3.26. The van der Waals surface area contributed by atoms with Crippen LogP contribution in [-0.4, -0.2) is 17.4 Å². The summed E-state index contributed by atoms with van der Waals surface area (Å²) in [5.74, 6) is 0. The maximum absolute atomic E-state index is 4.67. The van der Waals surface area contributed by atoms with Gasteiger partial charge in [0, 0.05) is 16.5 Å². The molecule has 2 heterocycles. The fourth-order valence-corrected chi connectivity index (χ4v) is 3.57. The lowest BCUT2D eigenvalue weighted by molar-refractivity contribution is 0.836. The van der Waals surface area contributed by atoms with Gasteiger partial charge in [0.2, 0.25) is 4.80 Å². The molecule has 5 heteroatoms. The van der Waals surface area contributed by atoms with Crippen LogP contribution in [0.15, 0.2) is 68.7 Å². The molecule has 1 aromatic carbocycles. The molecule has 0 aliphatic carbocycles. The van der Waals surface area contributed by atoms with Gasteiger partial charge in [-0.05, 0) is 30.7 Å². The Morgan fingerprint density at radius 3 is 2.67 bits per heavy atom. The Hall–Kier alpha value is -2.24. The molecule has 0 aliphatic rings. The standard InChI is InChI=1S/C19H19N3S2/c1-14(2)10-20-19-22(21-11-16-8-9-23-12-16)18(13-24-19)17-6-4-15(3)5-7-17/h4-9,11-13H,1,10H2,2-3H3. The van der Waals surface area contributed by atoms with E-state index in [1.54, 1.807) is 22.7 Å². The molecular formula is C19H19N3S2. The lowest BCUT2D eigenvalue weighted by Gasteiger charge is -2.04. The fraction of sp³-hybridized carbons (Fsp3) is 0.158. The molecule has 3 rings (SSSR count). The fourth-order valence-electron chi connectivity index (χ4n) is 2.12. The topological polar surface area (TPSA) is 29.6 Å². The monoisotopic (exact) mass is 353 g/mol. The van der Waals surface area contributed by atoms with Gasteiger partial charge in [-0.2, -0.15) is 16.4 Å². The second kappa shape index (κ2) is 7.55. The predicted molar refractivity (Wildman–Crippen MR) is 105 cm³/mol. The highest BCUT2D eigenvalue weighted by Gasteiger charge is 2.07. The van der Waals surface area contributed by atoms with Crippen molar-refractivity contribution in [2.24, 2.45) is 10.1 Å². The van der Waals surface area contributed by atoms with E-state index in [9.17, 15) is 0 Å². The highest BCUT2D eigenvalue weighted by molar-refractivity contribution is 7.08. The Kier molecular flexibility index (Phi) is 5.23. The van der Waals surface area contributed by atoms with E-state index in [2.05, 4.69) is 64.7 Å². The SMILES string of the molecule is C=C(C)CN=c1scc(-c2ccc(C)cc2)n1N=Cc1ccsc1. The summed E-state index contributed by atoms with van der Waals surface area (Å²) in [7, 11) is 0. The summed E-state index contributed by atoms with van der Waals surface area (Å²) in [6.07, 6.45) is 1.88.